The first-order valence-corrected chi connectivity index (χ1v) is 6.33. The molecule has 1 amide bonds. The maximum absolute atomic E-state index is 12.9. The van der Waals surface area contributed by atoms with Gasteiger partial charge in [-0.3, -0.25) is 10.1 Å². The Labute approximate surface area is 123 Å². The van der Waals surface area contributed by atoms with Gasteiger partial charge in [0.2, 0.25) is 5.95 Å². The number of amides is 1. The highest BCUT2D eigenvalue weighted by molar-refractivity contribution is 6.10. The smallest absolute Gasteiger partial charge is 0.411 e. The topological polar surface area (TPSA) is 95.1 Å². The molecule has 22 heavy (non-hydrogen) atoms. The maximum Gasteiger partial charge on any atom is 0.411 e. The lowest BCUT2D eigenvalue weighted by Gasteiger charge is -2.01. The quantitative estimate of drug-likeness (QED) is 0.648. The van der Waals surface area contributed by atoms with E-state index >= 15 is 0 Å². The first-order chi connectivity index (χ1) is 10.5. The van der Waals surface area contributed by atoms with Gasteiger partial charge in [-0.15, -0.1) is 0 Å². The number of aromatic nitrogens is 2. The molecule has 0 radical (unpaired) electrons. The molecule has 0 bridgehead atoms. The zero-order chi connectivity index (χ0) is 15.7. The molecule has 3 aromatic rings. The molecule has 3 N–H and O–H groups in total. The van der Waals surface area contributed by atoms with Gasteiger partial charge < -0.3 is 10.1 Å². The Bertz CT molecular complexity index is 871. The number of carboxylic acid groups (broad SMARTS) is 1. The van der Waals surface area contributed by atoms with Gasteiger partial charge in [-0.2, -0.15) is 0 Å². The Hall–Kier alpha value is -3.22. The number of benzene rings is 2. The van der Waals surface area contributed by atoms with Crippen LogP contribution in [0.25, 0.3) is 11.0 Å². The predicted octanol–water partition coefficient (Wildman–Crippen LogP) is 3.02. The van der Waals surface area contributed by atoms with Crippen LogP contribution in [-0.2, 0) is 0 Å². The van der Waals surface area contributed by atoms with Crippen LogP contribution in [0.2, 0.25) is 0 Å². The van der Waals surface area contributed by atoms with Gasteiger partial charge in [-0.05, 0) is 42.5 Å². The fraction of sp³-hybridized carbons (Fsp3) is 0. The summed E-state index contributed by atoms with van der Waals surface area (Å²) in [6.45, 7) is 0. The summed E-state index contributed by atoms with van der Waals surface area (Å²) in [6, 6.07) is 10.0. The maximum atomic E-state index is 12.9. The van der Waals surface area contributed by atoms with E-state index in [1.807, 2.05) is 0 Å². The summed E-state index contributed by atoms with van der Waals surface area (Å²) in [6.07, 6.45) is -1.23. The second-order valence-corrected chi connectivity index (χ2v) is 4.58. The number of aromatic amines is 1. The summed E-state index contributed by atoms with van der Waals surface area (Å²) in [4.78, 5) is 29.7. The van der Waals surface area contributed by atoms with Crippen molar-refractivity contribution >= 4 is 28.9 Å². The number of H-pyrrole nitrogens is 1. The molecular weight excluding hydrogens is 289 g/mol. The van der Waals surface area contributed by atoms with Crippen molar-refractivity contribution in [3.63, 3.8) is 0 Å². The van der Waals surface area contributed by atoms with E-state index in [1.54, 1.807) is 18.2 Å². The average molecular weight is 299 g/mol. The second kappa shape index (κ2) is 5.28. The van der Waals surface area contributed by atoms with Crippen LogP contribution in [0.1, 0.15) is 15.9 Å². The highest BCUT2D eigenvalue weighted by Gasteiger charge is 2.12. The molecule has 6 nitrogen and oxygen atoms in total. The minimum Gasteiger partial charge on any atom is -0.465 e. The molecule has 0 fully saturated rings. The van der Waals surface area contributed by atoms with Crippen molar-refractivity contribution in [2.24, 2.45) is 0 Å². The molecule has 0 spiro atoms. The number of rotatable bonds is 3. The molecule has 0 unspecified atom stereocenters. The Kier molecular flexibility index (Phi) is 3.30. The van der Waals surface area contributed by atoms with Crippen LogP contribution >= 0.6 is 0 Å². The number of imidazole rings is 1. The van der Waals surface area contributed by atoms with Crippen LogP contribution in [0.15, 0.2) is 42.5 Å². The number of hydrogen-bond acceptors (Lipinski definition) is 3. The van der Waals surface area contributed by atoms with Gasteiger partial charge in [-0.25, -0.2) is 14.2 Å². The van der Waals surface area contributed by atoms with E-state index in [-0.39, 0.29) is 11.7 Å². The Morgan fingerprint density at radius 3 is 2.45 bits per heavy atom. The second-order valence-electron chi connectivity index (χ2n) is 4.58. The summed E-state index contributed by atoms with van der Waals surface area (Å²) in [7, 11) is 0. The standard InChI is InChI=1S/C15H10FN3O3/c16-10-4-1-8(2-5-10)13(20)9-3-6-11-12(7-9)18-14(17-11)19-15(21)22/h1-7H,(H,21,22)(H2,17,18,19). The lowest BCUT2D eigenvalue weighted by Crippen LogP contribution is -2.08. The van der Waals surface area contributed by atoms with Crippen molar-refractivity contribution in [3.8, 4) is 0 Å². The summed E-state index contributed by atoms with van der Waals surface area (Å²) >= 11 is 0. The first kappa shape index (κ1) is 13.7. The molecule has 0 saturated carbocycles. The molecule has 0 aliphatic heterocycles. The SMILES string of the molecule is O=C(O)Nc1nc2ccc(C(=O)c3ccc(F)cc3)cc2[nH]1. The molecule has 2 aromatic carbocycles. The van der Waals surface area contributed by atoms with Crippen LogP contribution < -0.4 is 5.32 Å². The lowest BCUT2D eigenvalue weighted by molar-refractivity contribution is 0.103. The number of carbonyl (C=O) groups is 2. The van der Waals surface area contributed by atoms with E-state index in [4.69, 9.17) is 5.11 Å². The van der Waals surface area contributed by atoms with Gasteiger partial charge in [0.25, 0.3) is 0 Å². The summed E-state index contributed by atoms with van der Waals surface area (Å²) in [5.41, 5.74) is 1.81. The molecule has 0 aliphatic rings. The third-order valence-corrected chi connectivity index (χ3v) is 3.08. The van der Waals surface area contributed by atoms with Gasteiger partial charge in [0.15, 0.2) is 5.78 Å². The van der Waals surface area contributed by atoms with Crippen LogP contribution in [-0.4, -0.2) is 27.0 Å². The van der Waals surface area contributed by atoms with Crippen LogP contribution in [0.3, 0.4) is 0 Å². The van der Waals surface area contributed by atoms with Crippen LogP contribution in [0, 0.1) is 5.82 Å². The Balaban J connectivity index is 1.95. The minimum atomic E-state index is -1.23. The van der Waals surface area contributed by atoms with Crippen LogP contribution in [0.4, 0.5) is 15.1 Å². The number of nitrogens with zero attached hydrogens (tertiary/aromatic N) is 1. The third kappa shape index (κ3) is 2.64. The summed E-state index contributed by atoms with van der Waals surface area (Å²) in [5, 5.41) is 10.8. The fourth-order valence-electron chi connectivity index (χ4n) is 2.08. The molecule has 0 atom stereocenters. The van der Waals surface area contributed by atoms with Gasteiger partial charge >= 0.3 is 6.09 Å². The van der Waals surface area contributed by atoms with Crippen molar-refractivity contribution in [2.75, 3.05) is 5.32 Å². The van der Waals surface area contributed by atoms with Crippen molar-refractivity contribution < 1.29 is 19.1 Å². The number of carbonyl (C=O) groups excluding carboxylic acids is 1. The molecule has 0 aliphatic carbocycles. The first-order valence-electron chi connectivity index (χ1n) is 6.33. The molecule has 110 valence electrons. The highest BCUT2D eigenvalue weighted by atomic mass is 19.1. The van der Waals surface area contributed by atoms with E-state index in [0.717, 1.165) is 0 Å². The Morgan fingerprint density at radius 1 is 1.09 bits per heavy atom. The van der Waals surface area contributed by atoms with Gasteiger partial charge in [0, 0.05) is 11.1 Å². The molecule has 1 aromatic heterocycles. The zero-order valence-electron chi connectivity index (χ0n) is 11.1. The Morgan fingerprint density at radius 2 is 1.77 bits per heavy atom. The van der Waals surface area contributed by atoms with Gasteiger partial charge in [-0.1, -0.05) is 0 Å². The normalized spacial score (nSPS) is 10.6. The number of ketones is 1. The molecule has 3 rings (SSSR count). The number of nitrogens with one attached hydrogen (secondary N) is 2. The van der Waals surface area contributed by atoms with E-state index in [2.05, 4.69) is 15.3 Å². The number of halogens is 1. The lowest BCUT2D eigenvalue weighted by atomic mass is 10.0. The van der Waals surface area contributed by atoms with Gasteiger partial charge in [0.1, 0.15) is 5.82 Å². The van der Waals surface area contributed by atoms with E-state index in [9.17, 15) is 14.0 Å². The fourth-order valence-corrected chi connectivity index (χ4v) is 2.08. The number of anilines is 1. The molecule has 0 saturated heterocycles. The van der Waals surface area contributed by atoms with Gasteiger partial charge in [0.05, 0.1) is 11.0 Å². The molecule has 7 heteroatoms. The summed E-state index contributed by atoms with van der Waals surface area (Å²) < 4.78 is 12.9. The van der Waals surface area contributed by atoms with E-state index in [1.165, 1.54) is 24.3 Å². The monoisotopic (exact) mass is 299 g/mol. The van der Waals surface area contributed by atoms with Crippen LogP contribution in [0.5, 0.6) is 0 Å². The minimum absolute atomic E-state index is 0.0777. The predicted molar refractivity (Wildman–Crippen MR) is 77.6 cm³/mol. The number of hydrogen-bond donors (Lipinski definition) is 3. The molecule has 1 heterocycles. The molecular formula is C15H10FN3O3. The van der Waals surface area contributed by atoms with Crippen molar-refractivity contribution in [1.82, 2.24) is 9.97 Å². The van der Waals surface area contributed by atoms with Crippen molar-refractivity contribution in [1.29, 1.82) is 0 Å². The van der Waals surface area contributed by atoms with E-state index < -0.39 is 11.9 Å². The third-order valence-electron chi connectivity index (χ3n) is 3.08. The largest absolute Gasteiger partial charge is 0.465 e. The zero-order valence-corrected chi connectivity index (χ0v) is 11.1. The average Bonchev–Trinajstić information content (AvgIpc) is 2.87. The number of fused-ring (bicyclic) bond motifs is 1. The van der Waals surface area contributed by atoms with E-state index in [0.29, 0.717) is 22.2 Å². The highest BCUT2D eigenvalue weighted by Crippen LogP contribution is 2.18. The summed E-state index contributed by atoms with van der Waals surface area (Å²) in [5.74, 6) is -0.594. The van der Waals surface area contributed by atoms with Crippen molar-refractivity contribution in [3.05, 3.63) is 59.4 Å². The van der Waals surface area contributed by atoms with Crippen molar-refractivity contribution in [2.45, 2.75) is 0 Å².